The molecule has 0 spiro atoms. The lowest BCUT2D eigenvalue weighted by molar-refractivity contribution is 0.414. The molecule has 6 heteroatoms. The van der Waals surface area contributed by atoms with Crippen molar-refractivity contribution in [3.05, 3.63) is 46.3 Å². The Morgan fingerprint density at radius 1 is 1.32 bits per heavy atom. The van der Waals surface area contributed by atoms with E-state index >= 15 is 0 Å². The van der Waals surface area contributed by atoms with E-state index < -0.39 is 0 Å². The van der Waals surface area contributed by atoms with E-state index in [-0.39, 0.29) is 0 Å². The van der Waals surface area contributed by atoms with Crippen molar-refractivity contribution in [2.75, 3.05) is 7.11 Å². The number of ether oxygens (including phenoxy) is 1. The molecule has 0 bridgehead atoms. The van der Waals surface area contributed by atoms with Crippen molar-refractivity contribution < 1.29 is 9.15 Å². The van der Waals surface area contributed by atoms with Gasteiger partial charge in [0.05, 0.1) is 12.0 Å². The fourth-order valence-corrected chi connectivity index (χ4v) is 4.92. The summed E-state index contributed by atoms with van der Waals surface area (Å²) in [6.07, 6.45) is 3.61. The van der Waals surface area contributed by atoms with E-state index in [2.05, 4.69) is 29.3 Å². The zero-order valence-electron chi connectivity index (χ0n) is 14.3. The first kappa shape index (κ1) is 16.7. The quantitative estimate of drug-likeness (QED) is 0.574. The summed E-state index contributed by atoms with van der Waals surface area (Å²) in [7, 11) is 1.68. The van der Waals surface area contributed by atoms with Crippen molar-refractivity contribution in [2.24, 2.45) is 5.92 Å². The van der Waals surface area contributed by atoms with E-state index in [1.165, 1.54) is 28.8 Å². The van der Waals surface area contributed by atoms with Gasteiger partial charge in [0.2, 0.25) is 0 Å². The maximum Gasteiger partial charge on any atom is 0.277 e. The second-order valence-electron chi connectivity index (χ2n) is 6.42. The average molecular weight is 373 g/mol. The second-order valence-corrected chi connectivity index (χ2v) is 8.48. The summed E-state index contributed by atoms with van der Waals surface area (Å²) in [6, 6.07) is 10.3. The van der Waals surface area contributed by atoms with Crippen LogP contribution in [0.5, 0.6) is 5.75 Å². The van der Waals surface area contributed by atoms with E-state index in [9.17, 15) is 0 Å². The Labute approximate surface area is 155 Å². The zero-order chi connectivity index (χ0) is 17.2. The van der Waals surface area contributed by atoms with Crippen LogP contribution in [0.25, 0.3) is 10.8 Å². The minimum Gasteiger partial charge on any atom is -0.497 e. The van der Waals surface area contributed by atoms with Crippen molar-refractivity contribution in [2.45, 2.75) is 37.2 Å². The number of aryl methyl sites for hydroxylation is 1. The van der Waals surface area contributed by atoms with Gasteiger partial charge in [-0.2, -0.15) is 0 Å². The average Bonchev–Trinajstić information content (AvgIpc) is 3.26. The van der Waals surface area contributed by atoms with Crippen molar-refractivity contribution in [1.82, 2.24) is 10.2 Å². The van der Waals surface area contributed by atoms with Crippen LogP contribution >= 0.6 is 23.1 Å². The molecule has 0 saturated heterocycles. The summed E-state index contributed by atoms with van der Waals surface area (Å²) in [6.45, 7) is 2.32. The normalized spacial score (nSPS) is 16.6. The molecule has 0 amide bonds. The molecule has 0 unspecified atom stereocenters. The van der Waals surface area contributed by atoms with Crippen molar-refractivity contribution in [3.8, 4) is 16.5 Å². The molecule has 1 atom stereocenters. The molecule has 0 aliphatic heterocycles. The van der Waals surface area contributed by atoms with Crippen LogP contribution in [-0.2, 0) is 18.6 Å². The highest BCUT2D eigenvalue weighted by Crippen LogP contribution is 2.37. The Bertz CT molecular complexity index is 872. The molecule has 2 aromatic heterocycles. The smallest absolute Gasteiger partial charge is 0.277 e. The maximum atomic E-state index is 5.87. The first-order valence-corrected chi connectivity index (χ1v) is 10.2. The molecule has 130 valence electrons. The third kappa shape index (κ3) is 3.75. The van der Waals surface area contributed by atoms with Crippen molar-refractivity contribution >= 4 is 23.1 Å². The van der Waals surface area contributed by atoms with Gasteiger partial charge in [-0.25, -0.2) is 0 Å². The molecule has 1 aliphatic carbocycles. The van der Waals surface area contributed by atoms with Crippen molar-refractivity contribution in [1.29, 1.82) is 0 Å². The third-order valence-electron chi connectivity index (χ3n) is 4.44. The fraction of sp³-hybridized carbons (Fsp3) is 0.368. The SMILES string of the molecule is COc1cccc(CSc2nnc(-c3cc4c(s3)CC[C@H](C)C4)o2)c1. The monoisotopic (exact) mass is 372 g/mol. The van der Waals surface area contributed by atoms with Gasteiger partial charge < -0.3 is 9.15 Å². The van der Waals surface area contributed by atoms with Crippen LogP contribution < -0.4 is 4.74 Å². The van der Waals surface area contributed by atoms with Gasteiger partial charge in [-0.3, -0.25) is 0 Å². The summed E-state index contributed by atoms with van der Waals surface area (Å²) >= 11 is 3.35. The molecule has 4 rings (SSSR count). The number of hydrogen-bond acceptors (Lipinski definition) is 6. The van der Waals surface area contributed by atoms with Crippen molar-refractivity contribution in [3.63, 3.8) is 0 Å². The summed E-state index contributed by atoms with van der Waals surface area (Å²) in [5.74, 6) is 3.05. The molecule has 0 N–H and O–H groups in total. The number of benzene rings is 1. The van der Waals surface area contributed by atoms with Crippen LogP contribution in [-0.4, -0.2) is 17.3 Å². The molecule has 1 aliphatic rings. The van der Waals surface area contributed by atoms with Crippen LogP contribution in [0.2, 0.25) is 0 Å². The lowest BCUT2D eigenvalue weighted by atomic mass is 9.90. The van der Waals surface area contributed by atoms with E-state index in [1.807, 2.05) is 18.2 Å². The first-order chi connectivity index (χ1) is 12.2. The summed E-state index contributed by atoms with van der Waals surface area (Å²) in [4.78, 5) is 2.58. The maximum absolute atomic E-state index is 5.87. The zero-order valence-corrected chi connectivity index (χ0v) is 16.0. The van der Waals surface area contributed by atoms with Gasteiger partial charge in [-0.05, 0) is 54.5 Å². The lowest BCUT2D eigenvalue weighted by Crippen LogP contribution is -2.07. The highest BCUT2D eigenvalue weighted by Gasteiger charge is 2.21. The number of rotatable bonds is 5. The largest absolute Gasteiger partial charge is 0.497 e. The lowest BCUT2D eigenvalue weighted by Gasteiger charge is -2.16. The number of hydrogen-bond donors (Lipinski definition) is 0. The molecule has 1 aromatic carbocycles. The number of methoxy groups -OCH3 is 1. The Balaban J connectivity index is 1.45. The highest BCUT2D eigenvalue weighted by atomic mass is 32.2. The van der Waals surface area contributed by atoms with Gasteiger partial charge >= 0.3 is 0 Å². The Morgan fingerprint density at radius 2 is 2.24 bits per heavy atom. The fourth-order valence-electron chi connectivity index (χ4n) is 3.09. The van der Waals surface area contributed by atoms with Crippen LogP contribution in [0, 0.1) is 5.92 Å². The van der Waals surface area contributed by atoms with Gasteiger partial charge in [0.25, 0.3) is 11.1 Å². The molecule has 0 saturated carbocycles. The van der Waals surface area contributed by atoms with Crippen LogP contribution in [0.4, 0.5) is 0 Å². The highest BCUT2D eigenvalue weighted by molar-refractivity contribution is 7.98. The van der Waals surface area contributed by atoms with Gasteiger partial charge in [-0.1, -0.05) is 30.8 Å². The first-order valence-electron chi connectivity index (χ1n) is 8.42. The molecule has 3 aromatic rings. The molecule has 2 heterocycles. The topological polar surface area (TPSA) is 48.2 Å². The Kier molecular flexibility index (Phi) is 4.81. The molecule has 25 heavy (non-hydrogen) atoms. The standard InChI is InChI=1S/C19H20N2O2S2/c1-12-6-7-16-14(8-12)10-17(25-16)18-20-21-19(23-18)24-11-13-4-3-5-15(9-13)22-2/h3-5,9-10,12H,6-8,11H2,1-2H3/t12-/m0/s1. The Hall–Kier alpha value is -1.79. The Morgan fingerprint density at radius 3 is 3.12 bits per heavy atom. The minimum atomic E-state index is 0.609. The van der Waals surface area contributed by atoms with E-state index in [1.54, 1.807) is 30.2 Å². The van der Waals surface area contributed by atoms with E-state index in [0.717, 1.165) is 28.7 Å². The number of fused-ring (bicyclic) bond motifs is 1. The van der Waals surface area contributed by atoms with Gasteiger partial charge in [0.15, 0.2) is 0 Å². The summed E-state index contributed by atoms with van der Waals surface area (Å²) in [5.41, 5.74) is 2.63. The van der Waals surface area contributed by atoms with Crippen LogP contribution in [0.3, 0.4) is 0 Å². The van der Waals surface area contributed by atoms with Gasteiger partial charge in [0.1, 0.15) is 5.75 Å². The summed E-state index contributed by atoms with van der Waals surface area (Å²) < 4.78 is 11.1. The second kappa shape index (κ2) is 7.22. The molecular weight excluding hydrogens is 352 g/mol. The summed E-state index contributed by atoms with van der Waals surface area (Å²) in [5, 5.41) is 9.05. The van der Waals surface area contributed by atoms with Gasteiger partial charge in [0, 0.05) is 10.6 Å². The molecule has 0 fully saturated rings. The molecule has 0 radical (unpaired) electrons. The number of thiophene rings is 1. The third-order valence-corrected chi connectivity index (χ3v) is 6.56. The number of thioether (sulfide) groups is 1. The number of aromatic nitrogens is 2. The number of nitrogens with zero attached hydrogens (tertiary/aromatic N) is 2. The predicted octanol–water partition coefficient (Wildman–Crippen LogP) is 5.22. The van der Waals surface area contributed by atoms with E-state index in [0.29, 0.717) is 11.1 Å². The molecular formula is C19H20N2O2S2. The van der Waals surface area contributed by atoms with Crippen LogP contribution in [0.15, 0.2) is 40.0 Å². The minimum absolute atomic E-state index is 0.609. The predicted molar refractivity (Wildman–Crippen MR) is 101 cm³/mol. The molecule has 4 nitrogen and oxygen atoms in total. The van der Waals surface area contributed by atoms with E-state index in [4.69, 9.17) is 9.15 Å². The van der Waals surface area contributed by atoms with Crippen LogP contribution in [0.1, 0.15) is 29.3 Å². The van der Waals surface area contributed by atoms with Gasteiger partial charge in [-0.15, -0.1) is 21.5 Å².